The van der Waals surface area contributed by atoms with Crippen LogP contribution in [0.15, 0.2) is 61.2 Å². The van der Waals surface area contributed by atoms with E-state index in [9.17, 15) is 4.39 Å². The van der Waals surface area contributed by atoms with Crippen molar-refractivity contribution in [1.29, 1.82) is 0 Å². The topological polar surface area (TPSA) is 12.0 Å². The van der Waals surface area contributed by atoms with Gasteiger partial charge < -0.3 is 5.32 Å². The van der Waals surface area contributed by atoms with Gasteiger partial charge in [-0.3, -0.25) is 0 Å². The smallest absolute Gasteiger partial charge is 0.123 e. The largest absolute Gasteiger partial charge is 0.355 e. The van der Waals surface area contributed by atoms with E-state index in [0.717, 1.165) is 17.8 Å². The third-order valence-electron chi connectivity index (χ3n) is 2.50. The Morgan fingerprint density at radius 2 is 1.76 bits per heavy atom. The third kappa shape index (κ3) is 2.94. The summed E-state index contributed by atoms with van der Waals surface area (Å²) >= 11 is 0. The van der Waals surface area contributed by atoms with Crippen molar-refractivity contribution in [2.75, 3.05) is 5.32 Å². The van der Waals surface area contributed by atoms with Crippen molar-refractivity contribution in [3.63, 3.8) is 0 Å². The van der Waals surface area contributed by atoms with Gasteiger partial charge in [0.25, 0.3) is 0 Å². The number of anilines is 2. The van der Waals surface area contributed by atoms with Crippen LogP contribution in [0, 0.1) is 5.82 Å². The van der Waals surface area contributed by atoms with Crippen molar-refractivity contribution >= 4 is 11.4 Å². The van der Waals surface area contributed by atoms with E-state index in [4.69, 9.17) is 0 Å². The van der Waals surface area contributed by atoms with Crippen LogP contribution in [-0.4, -0.2) is 0 Å². The van der Waals surface area contributed by atoms with Gasteiger partial charge in [0.05, 0.1) is 0 Å². The number of nitrogens with one attached hydrogen (secondary N) is 1. The van der Waals surface area contributed by atoms with Crippen molar-refractivity contribution in [3.05, 3.63) is 72.6 Å². The molecule has 0 spiro atoms. The Balaban J connectivity index is 2.23. The minimum absolute atomic E-state index is 0.227. The number of halogens is 1. The molecule has 0 radical (unpaired) electrons. The molecule has 86 valence electrons. The molecule has 2 rings (SSSR count). The summed E-state index contributed by atoms with van der Waals surface area (Å²) in [6, 6.07) is 14.3. The van der Waals surface area contributed by atoms with Gasteiger partial charge >= 0.3 is 0 Å². The minimum Gasteiger partial charge on any atom is -0.355 e. The molecule has 0 saturated carbocycles. The van der Waals surface area contributed by atoms with Crippen LogP contribution < -0.4 is 5.32 Å². The number of para-hydroxylation sites is 1. The molecule has 0 aliphatic rings. The predicted octanol–water partition coefficient (Wildman–Crippen LogP) is 4.30. The van der Waals surface area contributed by atoms with E-state index in [1.165, 1.54) is 17.7 Å². The Morgan fingerprint density at radius 1 is 1.06 bits per heavy atom. The Kier molecular flexibility index (Phi) is 3.55. The normalized spacial score (nSPS) is 9.94. The summed E-state index contributed by atoms with van der Waals surface area (Å²) in [5, 5.41) is 3.27. The maximum atomic E-state index is 12.8. The average Bonchev–Trinajstić information content (AvgIpc) is 2.35. The first-order valence-electron chi connectivity index (χ1n) is 5.51. The Hall–Kier alpha value is -2.09. The van der Waals surface area contributed by atoms with Crippen molar-refractivity contribution in [1.82, 2.24) is 0 Å². The molecule has 0 bridgehead atoms. The number of hydrogen-bond donors (Lipinski definition) is 1. The molecule has 0 saturated heterocycles. The number of allylic oxidation sites excluding steroid dienone is 1. The van der Waals surface area contributed by atoms with Crippen LogP contribution in [0.5, 0.6) is 0 Å². The summed E-state index contributed by atoms with van der Waals surface area (Å²) in [5.74, 6) is -0.227. The van der Waals surface area contributed by atoms with Gasteiger partial charge in [0, 0.05) is 11.4 Å². The molecule has 2 aromatic carbocycles. The molecule has 17 heavy (non-hydrogen) atoms. The van der Waals surface area contributed by atoms with E-state index in [2.05, 4.69) is 11.9 Å². The first kappa shape index (κ1) is 11.4. The Morgan fingerprint density at radius 3 is 2.47 bits per heavy atom. The third-order valence-corrected chi connectivity index (χ3v) is 2.50. The van der Waals surface area contributed by atoms with Gasteiger partial charge in [-0.15, -0.1) is 6.58 Å². The standard InChI is InChI=1S/C15H14FN/c1-2-5-12-6-3-4-7-15(12)17-14-10-8-13(16)9-11-14/h2-4,6-11,17H,1,5H2. The maximum Gasteiger partial charge on any atom is 0.123 e. The Bertz CT molecular complexity index is 503. The molecular formula is C15H14FN. The molecule has 0 aromatic heterocycles. The predicted molar refractivity (Wildman–Crippen MR) is 70.0 cm³/mol. The fourth-order valence-corrected chi connectivity index (χ4v) is 1.66. The molecular weight excluding hydrogens is 213 g/mol. The van der Waals surface area contributed by atoms with E-state index in [-0.39, 0.29) is 5.82 Å². The van der Waals surface area contributed by atoms with Gasteiger partial charge in [0.2, 0.25) is 0 Å². The molecule has 0 aliphatic carbocycles. The monoisotopic (exact) mass is 227 g/mol. The van der Waals surface area contributed by atoms with Gasteiger partial charge in [-0.2, -0.15) is 0 Å². The van der Waals surface area contributed by atoms with Crippen LogP contribution in [0.25, 0.3) is 0 Å². The highest BCUT2D eigenvalue weighted by molar-refractivity contribution is 5.63. The minimum atomic E-state index is -0.227. The van der Waals surface area contributed by atoms with E-state index in [1.807, 2.05) is 30.3 Å². The number of rotatable bonds is 4. The fourth-order valence-electron chi connectivity index (χ4n) is 1.66. The van der Waals surface area contributed by atoms with E-state index in [0.29, 0.717) is 0 Å². The van der Waals surface area contributed by atoms with Crippen LogP contribution in [0.4, 0.5) is 15.8 Å². The van der Waals surface area contributed by atoms with Crippen molar-refractivity contribution in [2.24, 2.45) is 0 Å². The molecule has 0 fully saturated rings. The summed E-state index contributed by atoms with van der Waals surface area (Å²) in [6.45, 7) is 3.74. The van der Waals surface area contributed by atoms with Crippen molar-refractivity contribution in [3.8, 4) is 0 Å². The highest BCUT2D eigenvalue weighted by Gasteiger charge is 2.00. The lowest BCUT2D eigenvalue weighted by Crippen LogP contribution is -1.95. The van der Waals surface area contributed by atoms with E-state index < -0.39 is 0 Å². The van der Waals surface area contributed by atoms with Crippen LogP contribution >= 0.6 is 0 Å². The van der Waals surface area contributed by atoms with Crippen LogP contribution in [0.2, 0.25) is 0 Å². The van der Waals surface area contributed by atoms with Crippen molar-refractivity contribution in [2.45, 2.75) is 6.42 Å². The zero-order valence-corrected chi connectivity index (χ0v) is 9.49. The summed E-state index contributed by atoms with van der Waals surface area (Å²) in [5.41, 5.74) is 3.08. The first-order chi connectivity index (χ1) is 8.29. The fraction of sp³-hybridized carbons (Fsp3) is 0.0667. The molecule has 0 aliphatic heterocycles. The first-order valence-corrected chi connectivity index (χ1v) is 5.51. The SMILES string of the molecule is C=CCc1ccccc1Nc1ccc(F)cc1. The second-order valence-electron chi connectivity index (χ2n) is 3.78. The molecule has 0 heterocycles. The number of hydrogen-bond acceptors (Lipinski definition) is 1. The molecule has 0 amide bonds. The second kappa shape index (κ2) is 5.30. The lowest BCUT2D eigenvalue weighted by molar-refractivity contribution is 0.628. The van der Waals surface area contributed by atoms with Gasteiger partial charge in [-0.1, -0.05) is 24.3 Å². The zero-order valence-electron chi connectivity index (χ0n) is 9.49. The quantitative estimate of drug-likeness (QED) is 0.768. The van der Waals surface area contributed by atoms with Crippen molar-refractivity contribution < 1.29 is 4.39 Å². The lowest BCUT2D eigenvalue weighted by atomic mass is 10.1. The zero-order chi connectivity index (χ0) is 12.1. The second-order valence-corrected chi connectivity index (χ2v) is 3.78. The molecule has 2 heteroatoms. The Labute approximate surface area is 101 Å². The summed E-state index contributed by atoms with van der Waals surface area (Å²) in [6.07, 6.45) is 2.68. The summed E-state index contributed by atoms with van der Waals surface area (Å²) in [4.78, 5) is 0. The van der Waals surface area contributed by atoms with Gasteiger partial charge in [0.1, 0.15) is 5.82 Å². The van der Waals surface area contributed by atoms with E-state index >= 15 is 0 Å². The molecule has 1 nitrogen and oxygen atoms in total. The highest BCUT2D eigenvalue weighted by atomic mass is 19.1. The lowest BCUT2D eigenvalue weighted by Gasteiger charge is -2.10. The summed E-state index contributed by atoms with van der Waals surface area (Å²) in [7, 11) is 0. The van der Waals surface area contributed by atoms with E-state index in [1.54, 1.807) is 12.1 Å². The molecule has 0 atom stereocenters. The van der Waals surface area contributed by atoms with Gasteiger partial charge in [0.15, 0.2) is 0 Å². The highest BCUT2D eigenvalue weighted by Crippen LogP contribution is 2.21. The van der Waals surface area contributed by atoms with Gasteiger partial charge in [-0.25, -0.2) is 4.39 Å². The van der Waals surface area contributed by atoms with Crippen LogP contribution in [0.3, 0.4) is 0 Å². The van der Waals surface area contributed by atoms with Crippen LogP contribution in [-0.2, 0) is 6.42 Å². The average molecular weight is 227 g/mol. The van der Waals surface area contributed by atoms with Crippen LogP contribution in [0.1, 0.15) is 5.56 Å². The molecule has 2 aromatic rings. The molecule has 1 N–H and O–H groups in total. The number of benzene rings is 2. The summed E-state index contributed by atoms with van der Waals surface area (Å²) < 4.78 is 12.8. The maximum absolute atomic E-state index is 12.8. The molecule has 0 unspecified atom stereocenters. The van der Waals surface area contributed by atoms with Gasteiger partial charge in [-0.05, 0) is 42.3 Å².